The number of nitrogens with one attached hydrogen (secondary N) is 2. The number of morpholine rings is 1. The lowest BCUT2D eigenvalue weighted by Crippen LogP contribution is -2.47. The predicted molar refractivity (Wildman–Crippen MR) is 133 cm³/mol. The van der Waals surface area contributed by atoms with Crippen molar-refractivity contribution < 1.29 is 13.9 Å². The third-order valence-electron chi connectivity index (χ3n) is 7.08. The van der Waals surface area contributed by atoms with Gasteiger partial charge in [-0.2, -0.15) is 9.97 Å². The Balaban J connectivity index is 1.33. The lowest BCUT2D eigenvalue weighted by Gasteiger charge is -2.25. The van der Waals surface area contributed by atoms with Gasteiger partial charge in [-0.05, 0) is 35.4 Å². The Bertz CT molecular complexity index is 1480. The van der Waals surface area contributed by atoms with Crippen molar-refractivity contribution in [3.63, 3.8) is 0 Å². The summed E-state index contributed by atoms with van der Waals surface area (Å²) in [7, 11) is 1.80. The molecular weight excluding hydrogens is 461 g/mol. The quantitative estimate of drug-likeness (QED) is 0.398. The minimum atomic E-state index is -0.299. The highest BCUT2D eigenvalue weighted by Gasteiger charge is 2.39. The van der Waals surface area contributed by atoms with E-state index >= 15 is 0 Å². The first-order valence-corrected chi connectivity index (χ1v) is 12.1. The molecule has 3 aromatic heterocycles. The number of ether oxygens (including phenoxy) is 2. The minimum Gasteiger partial charge on any atom is -0.423 e. The van der Waals surface area contributed by atoms with Crippen LogP contribution in [0.3, 0.4) is 0 Å². The largest absolute Gasteiger partial charge is 0.423 e. The molecule has 2 atom stereocenters. The summed E-state index contributed by atoms with van der Waals surface area (Å²) in [5.74, 6) is 0.935. The maximum Gasteiger partial charge on any atom is 0.324 e. The number of anilines is 2. The van der Waals surface area contributed by atoms with E-state index in [-0.39, 0.29) is 24.0 Å². The maximum atomic E-state index is 14.6. The molecular formula is C26H24FN7O2. The number of hydrogen-bond donors (Lipinski definition) is 2. The van der Waals surface area contributed by atoms with Gasteiger partial charge in [0, 0.05) is 56.6 Å². The number of fused-ring (bicyclic) bond motifs is 5. The molecule has 2 saturated heterocycles. The molecule has 9 nitrogen and oxygen atoms in total. The van der Waals surface area contributed by atoms with E-state index in [0.29, 0.717) is 25.3 Å². The molecule has 182 valence electrons. The molecule has 10 heteroatoms. The number of rotatable bonds is 4. The SMILES string of the molecule is CNc1cc(F)cc2c1Cc1nc(Oc3cnc4cccnc4c3)nc(N3C[C@@H]4NCCO[C@@H]4C3)c1-2. The fourth-order valence-electron chi connectivity index (χ4n) is 5.45. The number of benzene rings is 1. The molecule has 0 spiro atoms. The van der Waals surface area contributed by atoms with Crippen LogP contribution in [0.15, 0.2) is 42.7 Å². The minimum absolute atomic E-state index is 0.0748. The van der Waals surface area contributed by atoms with Crippen LogP contribution in [-0.2, 0) is 11.2 Å². The van der Waals surface area contributed by atoms with E-state index in [0.717, 1.165) is 58.0 Å². The van der Waals surface area contributed by atoms with Crippen molar-refractivity contribution in [2.24, 2.45) is 0 Å². The van der Waals surface area contributed by atoms with Gasteiger partial charge in [0.05, 0.1) is 41.7 Å². The van der Waals surface area contributed by atoms with Crippen molar-refractivity contribution in [3.05, 3.63) is 59.8 Å². The van der Waals surface area contributed by atoms with Crippen molar-refractivity contribution in [2.75, 3.05) is 43.5 Å². The summed E-state index contributed by atoms with van der Waals surface area (Å²) in [6.45, 7) is 2.94. The summed E-state index contributed by atoms with van der Waals surface area (Å²) >= 11 is 0. The summed E-state index contributed by atoms with van der Waals surface area (Å²) in [5, 5.41) is 6.67. The Morgan fingerprint density at radius 1 is 1.17 bits per heavy atom. The molecule has 3 aliphatic rings. The van der Waals surface area contributed by atoms with E-state index < -0.39 is 0 Å². The standard InChI is InChI=1S/C26H24FN7O2/c1-28-19-8-14(27)7-17-16(19)10-21-24(17)25(34-12-22-23(13-34)35-6-5-30-22)33-26(32-21)36-15-9-20-18(31-11-15)3-2-4-29-20/h2-4,7-9,11,22-23,28,30H,5-6,10,12-13H2,1H3/t22-,23+/m0/s1. The zero-order valence-corrected chi connectivity index (χ0v) is 19.7. The molecule has 4 aromatic rings. The fraction of sp³-hybridized carbons (Fsp3) is 0.308. The third-order valence-corrected chi connectivity index (χ3v) is 7.08. The molecule has 1 aromatic carbocycles. The van der Waals surface area contributed by atoms with Crippen LogP contribution in [0.25, 0.3) is 22.2 Å². The van der Waals surface area contributed by atoms with Gasteiger partial charge in [0.15, 0.2) is 5.75 Å². The van der Waals surface area contributed by atoms with Gasteiger partial charge in [-0.15, -0.1) is 0 Å². The number of nitrogens with zero attached hydrogens (tertiary/aromatic N) is 5. The van der Waals surface area contributed by atoms with Gasteiger partial charge in [0.1, 0.15) is 11.6 Å². The average Bonchev–Trinajstić information content (AvgIpc) is 3.49. The topological polar surface area (TPSA) is 97.3 Å². The normalized spacial score (nSPS) is 20.2. The van der Waals surface area contributed by atoms with Crippen molar-refractivity contribution in [1.29, 1.82) is 0 Å². The average molecular weight is 486 g/mol. The zero-order valence-electron chi connectivity index (χ0n) is 19.7. The highest BCUT2D eigenvalue weighted by atomic mass is 19.1. The van der Waals surface area contributed by atoms with Gasteiger partial charge in [-0.3, -0.25) is 9.97 Å². The Kier molecular flexibility index (Phi) is 4.96. The van der Waals surface area contributed by atoms with Crippen LogP contribution in [0.1, 0.15) is 11.3 Å². The van der Waals surface area contributed by atoms with Crippen LogP contribution in [0.4, 0.5) is 15.9 Å². The first-order chi connectivity index (χ1) is 17.7. The van der Waals surface area contributed by atoms with Crippen molar-refractivity contribution >= 4 is 22.5 Å². The molecule has 7 rings (SSSR count). The summed E-state index contributed by atoms with van der Waals surface area (Å²) < 4.78 is 26.7. The van der Waals surface area contributed by atoms with Gasteiger partial charge >= 0.3 is 6.01 Å². The molecule has 0 bridgehead atoms. The third kappa shape index (κ3) is 3.52. The van der Waals surface area contributed by atoms with Crippen molar-refractivity contribution in [1.82, 2.24) is 25.3 Å². The van der Waals surface area contributed by atoms with Gasteiger partial charge in [0.2, 0.25) is 0 Å². The number of pyridine rings is 2. The summed E-state index contributed by atoms with van der Waals surface area (Å²) in [6.07, 6.45) is 3.99. The molecule has 0 saturated carbocycles. The number of aromatic nitrogens is 4. The fourth-order valence-corrected chi connectivity index (χ4v) is 5.45. The second-order valence-corrected chi connectivity index (χ2v) is 9.25. The highest BCUT2D eigenvalue weighted by molar-refractivity contribution is 5.88. The molecule has 2 fully saturated rings. The molecule has 0 radical (unpaired) electrons. The first kappa shape index (κ1) is 21.4. The molecule has 2 aliphatic heterocycles. The summed E-state index contributed by atoms with van der Waals surface area (Å²) in [4.78, 5) is 20.6. The zero-order chi connectivity index (χ0) is 24.2. The second kappa shape index (κ2) is 8.35. The van der Waals surface area contributed by atoms with E-state index in [1.807, 2.05) is 18.2 Å². The molecule has 1 aliphatic carbocycles. The van der Waals surface area contributed by atoms with Crippen LogP contribution in [0.2, 0.25) is 0 Å². The lowest BCUT2D eigenvalue weighted by atomic mass is 10.0. The Morgan fingerprint density at radius 2 is 2.11 bits per heavy atom. The van der Waals surface area contributed by atoms with Gasteiger partial charge < -0.3 is 25.0 Å². The van der Waals surface area contributed by atoms with Crippen LogP contribution >= 0.6 is 0 Å². The summed E-state index contributed by atoms with van der Waals surface area (Å²) in [6, 6.07) is 9.10. The van der Waals surface area contributed by atoms with Crippen LogP contribution in [-0.4, -0.2) is 65.4 Å². The molecule has 0 amide bonds. The van der Waals surface area contributed by atoms with Crippen molar-refractivity contribution in [2.45, 2.75) is 18.6 Å². The van der Waals surface area contributed by atoms with Crippen molar-refractivity contribution in [3.8, 4) is 22.9 Å². The van der Waals surface area contributed by atoms with Crippen LogP contribution < -0.4 is 20.3 Å². The van der Waals surface area contributed by atoms with E-state index in [2.05, 4.69) is 25.5 Å². The van der Waals surface area contributed by atoms with Gasteiger partial charge in [-0.25, -0.2) is 4.39 Å². The van der Waals surface area contributed by atoms with Crippen LogP contribution in [0, 0.1) is 5.82 Å². The van der Waals surface area contributed by atoms with E-state index in [1.165, 1.54) is 6.07 Å². The molecule has 36 heavy (non-hydrogen) atoms. The molecule has 0 unspecified atom stereocenters. The van der Waals surface area contributed by atoms with E-state index in [1.54, 1.807) is 25.5 Å². The second-order valence-electron chi connectivity index (χ2n) is 9.25. The Labute approximate surface area is 206 Å². The van der Waals surface area contributed by atoms with Gasteiger partial charge in [-0.1, -0.05) is 0 Å². The predicted octanol–water partition coefficient (Wildman–Crippen LogP) is 3.14. The maximum absolute atomic E-state index is 14.6. The Hall–Kier alpha value is -3.89. The smallest absolute Gasteiger partial charge is 0.324 e. The first-order valence-electron chi connectivity index (χ1n) is 12.1. The Morgan fingerprint density at radius 3 is 3.00 bits per heavy atom. The number of halogens is 1. The molecule has 5 heterocycles. The molecule has 2 N–H and O–H groups in total. The van der Waals surface area contributed by atoms with E-state index in [9.17, 15) is 4.39 Å². The number of hydrogen-bond acceptors (Lipinski definition) is 9. The lowest BCUT2D eigenvalue weighted by molar-refractivity contribution is 0.0212. The van der Waals surface area contributed by atoms with Gasteiger partial charge in [0.25, 0.3) is 0 Å². The summed E-state index contributed by atoms with van der Waals surface area (Å²) in [5.41, 5.74) is 5.74. The van der Waals surface area contributed by atoms with Crippen LogP contribution in [0.5, 0.6) is 11.8 Å². The van der Waals surface area contributed by atoms with E-state index in [4.69, 9.17) is 19.4 Å². The highest BCUT2D eigenvalue weighted by Crippen LogP contribution is 2.46. The monoisotopic (exact) mass is 485 g/mol.